The molecule has 0 aromatic carbocycles. The summed E-state index contributed by atoms with van der Waals surface area (Å²) >= 11 is 6.65. The molecule has 2 rings (SSSR count). The van der Waals surface area contributed by atoms with Crippen molar-refractivity contribution in [3.05, 3.63) is 0 Å². The quantitative estimate of drug-likeness (QED) is 0.539. The number of nitrogens with one attached hydrogen (secondary N) is 2. The zero-order chi connectivity index (χ0) is 10.7. The van der Waals surface area contributed by atoms with E-state index in [1.54, 1.807) is 11.8 Å². The van der Waals surface area contributed by atoms with Crippen LogP contribution in [0.1, 0.15) is 12.8 Å². The Morgan fingerprint density at radius 2 is 2.27 bits per heavy atom. The molecule has 2 aliphatic rings. The fraction of sp³-hybridized carbons (Fsp3) is 0.778. The molecule has 84 valence electrons. The second-order valence-corrected chi connectivity index (χ2v) is 5.21. The van der Waals surface area contributed by atoms with Gasteiger partial charge in [-0.25, -0.2) is 4.79 Å². The minimum Gasteiger partial charge on any atom is -0.416 e. The minimum absolute atomic E-state index is 0.0790. The Morgan fingerprint density at radius 3 is 2.87 bits per heavy atom. The molecule has 2 atom stereocenters. The van der Waals surface area contributed by atoms with Crippen molar-refractivity contribution in [2.45, 2.75) is 24.3 Å². The molecule has 1 unspecified atom stereocenters. The lowest BCUT2D eigenvalue weighted by molar-refractivity contribution is -0.135. The van der Waals surface area contributed by atoms with Crippen molar-refractivity contribution in [1.82, 2.24) is 10.6 Å². The third-order valence-corrected chi connectivity index (χ3v) is 3.98. The summed E-state index contributed by atoms with van der Waals surface area (Å²) in [5.74, 6) is 0.699. The van der Waals surface area contributed by atoms with Crippen molar-refractivity contribution >= 4 is 35.0 Å². The highest BCUT2D eigenvalue weighted by atomic mass is 32.2. The molecule has 0 saturated carbocycles. The van der Waals surface area contributed by atoms with Gasteiger partial charge in [0.15, 0.2) is 10.4 Å². The van der Waals surface area contributed by atoms with Gasteiger partial charge in [-0.2, -0.15) is 0 Å². The van der Waals surface area contributed by atoms with Gasteiger partial charge in [-0.1, -0.05) is 0 Å². The van der Waals surface area contributed by atoms with E-state index < -0.39 is 0 Å². The predicted molar refractivity (Wildman–Crippen MR) is 64.0 cm³/mol. The van der Waals surface area contributed by atoms with Gasteiger partial charge in [-0.05, 0) is 31.6 Å². The van der Waals surface area contributed by atoms with Crippen molar-refractivity contribution in [2.24, 2.45) is 0 Å². The van der Waals surface area contributed by atoms with Gasteiger partial charge in [-0.15, -0.1) is 11.8 Å². The van der Waals surface area contributed by atoms with Gasteiger partial charge in [0.1, 0.15) is 0 Å². The summed E-state index contributed by atoms with van der Waals surface area (Å²) in [4.78, 5) is 11.6. The van der Waals surface area contributed by atoms with E-state index in [0.717, 1.165) is 31.7 Å². The number of thioether (sulfide) groups is 1. The number of ether oxygens (including phenoxy) is 1. The average Bonchev–Trinajstić information content (AvgIpc) is 2.91. The van der Waals surface area contributed by atoms with Crippen LogP contribution >= 0.6 is 24.0 Å². The van der Waals surface area contributed by atoms with Gasteiger partial charge in [0, 0.05) is 12.3 Å². The first-order valence-corrected chi connectivity index (χ1v) is 6.57. The Labute approximate surface area is 98.5 Å². The van der Waals surface area contributed by atoms with Crippen LogP contribution in [0.25, 0.3) is 0 Å². The van der Waals surface area contributed by atoms with Crippen LogP contribution in [0.2, 0.25) is 0 Å². The summed E-state index contributed by atoms with van der Waals surface area (Å²) in [5, 5.41) is 6.43. The molecule has 0 radical (unpaired) electrons. The van der Waals surface area contributed by atoms with Gasteiger partial charge >= 0.3 is 5.97 Å². The molecule has 2 saturated heterocycles. The first-order chi connectivity index (χ1) is 7.27. The van der Waals surface area contributed by atoms with E-state index in [2.05, 4.69) is 10.6 Å². The summed E-state index contributed by atoms with van der Waals surface area (Å²) < 4.78 is 5.16. The van der Waals surface area contributed by atoms with Crippen LogP contribution in [0.3, 0.4) is 0 Å². The zero-order valence-electron chi connectivity index (χ0n) is 8.32. The maximum absolute atomic E-state index is 11.6. The van der Waals surface area contributed by atoms with Crippen molar-refractivity contribution < 1.29 is 9.53 Å². The second kappa shape index (κ2) is 5.25. The van der Waals surface area contributed by atoms with Gasteiger partial charge in [0.05, 0.1) is 6.04 Å². The smallest absolute Gasteiger partial charge is 0.339 e. The Bertz CT molecular complexity index is 235. The van der Waals surface area contributed by atoms with E-state index in [1.165, 1.54) is 0 Å². The normalized spacial score (nSPS) is 30.4. The molecule has 15 heavy (non-hydrogen) atoms. The minimum atomic E-state index is -0.254. The molecule has 0 aliphatic carbocycles. The molecule has 2 aliphatic heterocycles. The molecule has 0 spiro atoms. The average molecular weight is 246 g/mol. The third kappa shape index (κ3) is 2.90. The SMILES string of the molecule is O=C(OC(=S)[C@@H]1CCCN1)C1NCCS1. The maximum atomic E-state index is 11.6. The van der Waals surface area contributed by atoms with Crippen molar-refractivity contribution in [3.63, 3.8) is 0 Å². The maximum Gasteiger partial charge on any atom is 0.339 e. The lowest BCUT2D eigenvalue weighted by Crippen LogP contribution is -2.37. The lowest BCUT2D eigenvalue weighted by atomic mass is 10.2. The molecule has 2 N–H and O–H groups in total. The molecule has 2 fully saturated rings. The Balaban J connectivity index is 1.79. The third-order valence-electron chi connectivity index (χ3n) is 2.48. The summed E-state index contributed by atoms with van der Waals surface area (Å²) in [6, 6.07) is 0.0790. The first kappa shape index (κ1) is 11.3. The van der Waals surface area contributed by atoms with Gasteiger partial charge in [0.25, 0.3) is 0 Å². The van der Waals surface area contributed by atoms with Crippen molar-refractivity contribution in [3.8, 4) is 0 Å². The van der Waals surface area contributed by atoms with Gasteiger partial charge in [-0.3, -0.25) is 5.32 Å². The molecular weight excluding hydrogens is 232 g/mol. The summed E-state index contributed by atoms with van der Waals surface area (Å²) in [6.45, 7) is 1.82. The lowest BCUT2D eigenvalue weighted by Gasteiger charge is -2.14. The van der Waals surface area contributed by atoms with E-state index in [0.29, 0.717) is 5.05 Å². The van der Waals surface area contributed by atoms with Crippen LogP contribution in [-0.4, -0.2) is 41.3 Å². The molecule has 0 amide bonds. The van der Waals surface area contributed by atoms with E-state index in [4.69, 9.17) is 17.0 Å². The molecule has 4 nitrogen and oxygen atoms in total. The summed E-state index contributed by atoms with van der Waals surface area (Å²) in [5.41, 5.74) is 0. The van der Waals surface area contributed by atoms with Crippen LogP contribution < -0.4 is 10.6 Å². The van der Waals surface area contributed by atoms with E-state index in [1.807, 2.05) is 0 Å². The monoisotopic (exact) mass is 246 g/mol. The van der Waals surface area contributed by atoms with Gasteiger partial charge in [0.2, 0.25) is 0 Å². The topological polar surface area (TPSA) is 50.4 Å². The van der Waals surface area contributed by atoms with Crippen LogP contribution in [-0.2, 0) is 9.53 Å². The number of hydrogen-bond acceptors (Lipinski definition) is 6. The molecule has 0 aromatic rings. The highest BCUT2D eigenvalue weighted by Gasteiger charge is 2.28. The van der Waals surface area contributed by atoms with Crippen molar-refractivity contribution in [2.75, 3.05) is 18.8 Å². The number of esters is 1. The highest BCUT2D eigenvalue weighted by Crippen LogP contribution is 2.16. The number of carbonyl (C=O) groups is 1. The Morgan fingerprint density at radius 1 is 1.40 bits per heavy atom. The molecule has 0 bridgehead atoms. The van der Waals surface area contributed by atoms with Gasteiger partial charge < -0.3 is 10.1 Å². The number of hydrogen-bond donors (Lipinski definition) is 2. The Hall–Kier alpha value is -0.170. The highest BCUT2D eigenvalue weighted by molar-refractivity contribution is 8.00. The van der Waals surface area contributed by atoms with E-state index in [9.17, 15) is 4.79 Å². The molecule has 2 heterocycles. The number of rotatable bonds is 2. The number of carbonyl (C=O) groups excluding carboxylic acids is 1. The van der Waals surface area contributed by atoms with Crippen LogP contribution in [0.5, 0.6) is 0 Å². The first-order valence-electron chi connectivity index (χ1n) is 5.11. The van der Waals surface area contributed by atoms with E-state index >= 15 is 0 Å². The molecule has 6 heteroatoms. The number of thiocarbonyl (C=S) groups is 1. The Kier molecular flexibility index (Phi) is 3.96. The second-order valence-electron chi connectivity index (χ2n) is 3.59. The standard InChI is InChI=1S/C9H14N2O2S2/c12-8(7-11-4-5-15-7)13-9(14)6-2-1-3-10-6/h6-7,10-11H,1-5H2/t6-,7?/m0/s1. The van der Waals surface area contributed by atoms with Crippen LogP contribution in [0.15, 0.2) is 0 Å². The van der Waals surface area contributed by atoms with Crippen molar-refractivity contribution in [1.29, 1.82) is 0 Å². The summed E-state index contributed by atoms with van der Waals surface area (Å²) in [6.07, 6.45) is 2.07. The molecular formula is C9H14N2O2S2. The summed E-state index contributed by atoms with van der Waals surface area (Å²) in [7, 11) is 0. The fourth-order valence-corrected chi connectivity index (χ4v) is 2.86. The zero-order valence-corrected chi connectivity index (χ0v) is 9.96. The fourth-order valence-electron chi connectivity index (χ4n) is 1.69. The van der Waals surface area contributed by atoms with Crippen LogP contribution in [0, 0.1) is 0 Å². The largest absolute Gasteiger partial charge is 0.416 e. The van der Waals surface area contributed by atoms with Crippen LogP contribution in [0.4, 0.5) is 0 Å². The van der Waals surface area contributed by atoms with E-state index in [-0.39, 0.29) is 17.4 Å². The predicted octanol–water partition coefficient (Wildman–Crippen LogP) is 0.272. The molecule has 0 aromatic heterocycles.